The average molecular weight is 399 g/mol. The Morgan fingerprint density at radius 1 is 1.10 bits per heavy atom. The molecule has 0 aliphatic carbocycles. The second kappa shape index (κ2) is 7.62. The van der Waals surface area contributed by atoms with Gasteiger partial charge in [0.1, 0.15) is 6.33 Å². The molecule has 30 heavy (non-hydrogen) atoms. The summed E-state index contributed by atoms with van der Waals surface area (Å²) in [5.41, 5.74) is 3.83. The van der Waals surface area contributed by atoms with Gasteiger partial charge in [0.15, 0.2) is 5.69 Å². The summed E-state index contributed by atoms with van der Waals surface area (Å²) in [4.78, 5) is 27.9. The fourth-order valence-electron chi connectivity index (χ4n) is 4.12. The largest absolute Gasteiger partial charge is 0.337 e. The highest BCUT2D eigenvalue weighted by Gasteiger charge is 2.29. The lowest BCUT2D eigenvalue weighted by Gasteiger charge is -2.32. The summed E-state index contributed by atoms with van der Waals surface area (Å²) in [6.45, 7) is 3.22. The Morgan fingerprint density at radius 3 is 2.90 bits per heavy atom. The van der Waals surface area contributed by atoms with E-state index in [9.17, 15) is 4.79 Å². The van der Waals surface area contributed by atoms with Crippen LogP contribution in [0.3, 0.4) is 0 Å². The number of nitrogens with zero attached hydrogens (tertiary/aromatic N) is 7. The average Bonchev–Trinajstić information content (AvgIpc) is 3.20. The van der Waals surface area contributed by atoms with Gasteiger partial charge in [-0.25, -0.2) is 14.6 Å². The summed E-state index contributed by atoms with van der Waals surface area (Å²) in [5.74, 6) is 0.126. The Hall–Kier alpha value is -3.68. The molecule has 4 heterocycles. The molecule has 150 valence electrons. The molecule has 3 aromatic heterocycles. The summed E-state index contributed by atoms with van der Waals surface area (Å²) in [6.07, 6.45) is 7.01. The zero-order chi connectivity index (χ0) is 20.5. The second-order valence-electron chi connectivity index (χ2n) is 7.51. The van der Waals surface area contributed by atoms with Crippen molar-refractivity contribution >= 4 is 16.8 Å². The molecule has 1 atom stereocenters. The van der Waals surface area contributed by atoms with Crippen molar-refractivity contribution in [2.24, 2.45) is 0 Å². The van der Waals surface area contributed by atoms with Crippen LogP contribution in [-0.4, -0.2) is 53.8 Å². The van der Waals surface area contributed by atoms with Crippen LogP contribution in [0.5, 0.6) is 0 Å². The van der Waals surface area contributed by atoms with E-state index >= 15 is 0 Å². The van der Waals surface area contributed by atoms with Crippen molar-refractivity contribution < 1.29 is 4.79 Å². The molecule has 0 spiro atoms. The first kappa shape index (κ1) is 18.4. The predicted molar refractivity (Wildman–Crippen MR) is 111 cm³/mol. The van der Waals surface area contributed by atoms with E-state index in [0.29, 0.717) is 18.8 Å². The zero-order valence-corrected chi connectivity index (χ0v) is 16.6. The first-order valence-corrected chi connectivity index (χ1v) is 10.0. The number of pyridine rings is 1. The molecule has 5 rings (SSSR count). The number of hydrogen-bond acceptors (Lipinski definition) is 6. The maximum absolute atomic E-state index is 13.3. The minimum atomic E-state index is -0.0872. The third-order valence-corrected chi connectivity index (χ3v) is 5.68. The molecule has 1 aliphatic heterocycles. The van der Waals surface area contributed by atoms with Gasteiger partial charge in [-0.3, -0.25) is 9.78 Å². The number of aromatic nitrogens is 6. The quantitative estimate of drug-likeness (QED) is 0.526. The van der Waals surface area contributed by atoms with Crippen molar-refractivity contribution in [3.8, 4) is 5.69 Å². The van der Waals surface area contributed by atoms with E-state index in [1.54, 1.807) is 23.4 Å². The Balaban J connectivity index is 1.44. The number of carbonyl (C=O) groups excluding carboxylic acids is 1. The van der Waals surface area contributed by atoms with E-state index < -0.39 is 0 Å². The Morgan fingerprint density at radius 2 is 2.03 bits per heavy atom. The van der Waals surface area contributed by atoms with Crippen LogP contribution in [0.4, 0.5) is 0 Å². The van der Waals surface area contributed by atoms with Gasteiger partial charge in [0, 0.05) is 42.5 Å². The standard InChI is InChI=1S/C22H21N7O/c1-15-21(22(30)28-12-4-5-16(13-28)18-9-11-23-14-25-18)26-27-29(15)20-8-2-7-19-17(20)6-3-10-24-19/h2-3,6-11,14,16H,4-5,12-13H2,1H3. The monoisotopic (exact) mass is 399 g/mol. The molecule has 0 bridgehead atoms. The molecule has 1 unspecified atom stereocenters. The van der Waals surface area contributed by atoms with Crippen molar-refractivity contribution in [2.75, 3.05) is 13.1 Å². The van der Waals surface area contributed by atoms with Gasteiger partial charge in [0.05, 0.1) is 16.9 Å². The first-order valence-electron chi connectivity index (χ1n) is 10.0. The minimum absolute atomic E-state index is 0.0872. The van der Waals surface area contributed by atoms with Crippen LogP contribution < -0.4 is 0 Å². The van der Waals surface area contributed by atoms with Gasteiger partial charge in [-0.1, -0.05) is 11.3 Å². The molecule has 0 saturated carbocycles. The number of amides is 1. The number of carbonyl (C=O) groups is 1. The van der Waals surface area contributed by atoms with Crippen molar-refractivity contribution in [3.05, 3.63) is 72.2 Å². The highest BCUT2D eigenvalue weighted by Crippen LogP contribution is 2.27. The molecule has 0 radical (unpaired) electrons. The van der Waals surface area contributed by atoms with Crippen LogP contribution in [0.15, 0.2) is 55.1 Å². The van der Waals surface area contributed by atoms with Crippen molar-refractivity contribution in [2.45, 2.75) is 25.7 Å². The molecule has 1 amide bonds. The lowest BCUT2D eigenvalue weighted by atomic mass is 9.94. The van der Waals surface area contributed by atoms with Crippen molar-refractivity contribution in [1.82, 2.24) is 34.8 Å². The smallest absolute Gasteiger partial charge is 0.276 e. The molecular weight excluding hydrogens is 378 g/mol. The fourth-order valence-corrected chi connectivity index (χ4v) is 4.12. The van der Waals surface area contributed by atoms with E-state index in [0.717, 1.165) is 40.8 Å². The zero-order valence-electron chi connectivity index (χ0n) is 16.6. The Labute approximate surface area is 173 Å². The number of rotatable bonds is 3. The molecule has 1 aliphatic rings. The molecule has 4 aromatic rings. The third kappa shape index (κ3) is 3.20. The van der Waals surface area contributed by atoms with Crippen LogP contribution in [0.1, 0.15) is 40.6 Å². The van der Waals surface area contributed by atoms with Crippen LogP contribution in [0.2, 0.25) is 0 Å². The summed E-state index contributed by atoms with van der Waals surface area (Å²) in [6, 6.07) is 11.7. The van der Waals surface area contributed by atoms with E-state index in [4.69, 9.17) is 0 Å². The fraction of sp³-hybridized carbons (Fsp3) is 0.273. The van der Waals surface area contributed by atoms with E-state index in [2.05, 4.69) is 25.3 Å². The van der Waals surface area contributed by atoms with Crippen LogP contribution in [0.25, 0.3) is 16.6 Å². The number of benzene rings is 1. The van der Waals surface area contributed by atoms with Crippen LogP contribution >= 0.6 is 0 Å². The molecule has 8 heteroatoms. The normalized spacial score (nSPS) is 16.7. The van der Waals surface area contributed by atoms with Crippen molar-refractivity contribution in [3.63, 3.8) is 0 Å². The number of fused-ring (bicyclic) bond motifs is 1. The Kier molecular flexibility index (Phi) is 4.66. The van der Waals surface area contributed by atoms with Gasteiger partial charge < -0.3 is 4.90 Å². The first-order chi connectivity index (χ1) is 14.7. The van der Waals surface area contributed by atoms with Gasteiger partial charge >= 0.3 is 0 Å². The van der Waals surface area contributed by atoms with E-state index in [1.807, 2.05) is 48.2 Å². The summed E-state index contributed by atoms with van der Waals surface area (Å²) in [7, 11) is 0. The van der Waals surface area contributed by atoms with Gasteiger partial charge in [-0.15, -0.1) is 5.10 Å². The van der Waals surface area contributed by atoms with E-state index in [1.165, 1.54) is 0 Å². The molecular formula is C22H21N7O. The maximum Gasteiger partial charge on any atom is 0.276 e. The van der Waals surface area contributed by atoms with Gasteiger partial charge in [-0.2, -0.15) is 0 Å². The number of hydrogen-bond donors (Lipinski definition) is 0. The highest BCUT2D eigenvalue weighted by molar-refractivity contribution is 5.94. The predicted octanol–water partition coefficient (Wildman–Crippen LogP) is 2.93. The third-order valence-electron chi connectivity index (χ3n) is 5.68. The molecule has 1 saturated heterocycles. The minimum Gasteiger partial charge on any atom is -0.337 e. The van der Waals surface area contributed by atoms with Crippen LogP contribution in [-0.2, 0) is 0 Å². The molecule has 1 fully saturated rings. The number of piperidine rings is 1. The van der Waals surface area contributed by atoms with Gasteiger partial charge in [0.25, 0.3) is 5.91 Å². The number of likely N-dealkylation sites (tertiary alicyclic amines) is 1. The summed E-state index contributed by atoms with van der Waals surface area (Å²) < 4.78 is 1.73. The topological polar surface area (TPSA) is 89.7 Å². The SMILES string of the molecule is Cc1c(C(=O)N2CCCC(c3ccncn3)C2)nnn1-c1cccc2ncccc12. The second-order valence-corrected chi connectivity index (χ2v) is 7.51. The summed E-state index contributed by atoms with van der Waals surface area (Å²) in [5, 5.41) is 9.51. The molecule has 0 N–H and O–H groups in total. The van der Waals surface area contributed by atoms with Gasteiger partial charge in [-0.05, 0) is 50.1 Å². The summed E-state index contributed by atoms with van der Waals surface area (Å²) >= 11 is 0. The van der Waals surface area contributed by atoms with Crippen LogP contribution in [0, 0.1) is 6.92 Å². The molecule has 1 aromatic carbocycles. The molecule has 8 nitrogen and oxygen atoms in total. The lowest BCUT2D eigenvalue weighted by Crippen LogP contribution is -2.39. The van der Waals surface area contributed by atoms with Crippen molar-refractivity contribution in [1.29, 1.82) is 0 Å². The van der Waals surface area contributed by atoms with Gasteiger partial charge in [0.2, 0.25) is 0 Å². The maximum atomic E-state index is 13.3. The Bertz CT molecular complexity index is 1200. The lowest BCUT2D eigenvalue weighted by molar-refractivity contribution is 0.0699. The van der Waals surface area contributed by atoms with E-state index in [-0.39, 0.29) is 11.8 Å². The highest BCUT2D eigenvalue weighted by atomic mass is 16.2.